The molecule has 0 unspecified atom stereocenters. The van der Waals surface area contributed by atoms with Gasteiger partial charge in [-0.25, -0.2) is 13.1 Å². The molecular weight excluding hydrogens is 366 g/mol. The van der Waals surface area contributed by atoms with Crippen LogP contribution in [-0.4, -0.2) is 39.6 Å². The summed E-state index contributed by atoms with van der Waals surface area (Å²) in [7, 11) is -3.71. The predicted molar refractivity (Wildman–Crippen MR) is 99.5 cm³/mol. The summed E-state index contributed by atoms with van der Waals surface area (Å²) in [6.07, 6.45) is -0.429. The van der Waals surface area contributed by atoms with Crippen LogP contribution < -0.4 is 4.72 Å². The zero-order valence-electron chi connectivity index (χ0n) is 15.1. The van der Waals surface area contributed by atoms with Gasteiger partial charge in [0.25, 0.3) is 0 Å². The highest BCUT2D eigenvalue weighted by Gasteiger charge is 2.46. The van der Waals surface area contributed by atoms with E-state index in [1.54, 1.807) is 24.3 Å². The van der Waals surface area contributed by atoms with Gasteiger partial charge in [0, 0.05) is 6.42 Å². The van der Waals surface area contributed by atoms with Gasteiger partial charge < -0.3 is 14.2 Å². The van der Waals surface area contributed by atoms with Crippen molar-refractivity contribution >= 4 is 10.0 Å². The Balaban J connectivity index is 1.51. The molecule has 1 N–H and O–H groups in total. The second-order valence-corrected chi connectivity index (χ2v) is 8.70. The molecule has 0 saturated carbocycles. The van der Waals surface area contributed by atoms with Crippen molar-refractivity contribution in [1.29, 1.82) is 0 Å². The molecule has 0 radical (unpaired) electrons. The smallest absolute Gasteiger partial charge is 0.241 e. The van der Waals surface area contributed by atoms with Crippen LogP contribution in [0.25, 0.3) is 0 Å². The summed E-state index contributed by atoms with van der Waals surface area (Å²) in [4.78, 5) is 0.218. The van der Waals surface area contributed by atoms with Gasteiger partial charge in [-0.3, -0.25) is 0 Å². The summed E-state index contributed by atoms with van der Waals surface area (Å²) in [5.41, 5.74) is 2.04. The van der Waals surface area contributed by atoms with Crippen molar-refractivity contribution in [1.82, 2.24) is 4.72 Å². The van der Waals surface area contributed by atoms with Crippen molar-refractivity contribution in [3.63, 3.8) is 0 Å². The van der Waals surface area contributed by atoms with Crippen LogP contribution >= 0.6 is 0 Å². The highest BCUT2D eigenvalue weighted by molar-refractivity contribution is 7.89. The lowest BCUT2D eigenvalue weighted by atomic mass is 10.0. The maximum atomic E-state index is 12.8. The van der Waals surface area contributed by atoms with Gasteiger partial charge in [-0.05, 0) is 24.6 Å². The van der Waals surface area contributed by atoms with Crippen molar-refractivity contribution in [2.75, 3.05) is 6.61 Å². The molecular formula is C20H23NO5S. The van der Waals surface area contributed by atoms with Crippen LogP contribution in [0.15, 0.2) is 59.5 Å². The van der Waals surface area contributed by atoms with E-state index in [0.717, 1.165) is 11.1 Å². The van der Waals surface area contributed by atoms with Gasteiger partial charge in [0.1, 0.15) is 0 Å². The van der Waals surface area contributed by atoms with E-state index in [0.29, 0.717) is 19.6 Å². The van der Waals surface area contributed by atoms with Crippen molar-refractivity contribution in [3.05, 3.63) is 65.7 Å². The minimum atomic E-state index is -3.71. The van der Waals surface area contributed by atoms with Crippen LogP contribution in [0.4, 0.5) is 0 Å². The Bertz CT molecular complexity index is 869. The number of benzene rings is 2. The molecule has 6 nitrogen and oxygen atoms in total. The zero-order valence-corrected chi connectivity index (χ0v) is 15.9. The number of sulfonamides is 1. The lowest BCUT2D eigenvalue weighted by molar-refractivity contribution is -0.152. The van der Waals surface area contributed by atoms with E-state index >= 15 is 0 Å². The number of rotatable bonds is 6. The first-order chi connectivity index (χ1) is 13.0. The van der Waals surface area contributed by atoms with Gasteiger partial charge in [0.05, 0.1) is 36.4 Å². The summed E-state index contributed by atoms with van der Waals surface area (Å²) in [5, 5.41) is 0. The van der Waals surface area contributed by atoms with Crippen molar-refractivity contribution < 1.29 is 22.6 Å². The molecule has 0 amide bonds. The van der Waals surface area contributed by atoms with Crippen LogP contribution in [0.2, 0.25) is 0 Å². The SMILES string of the molecule is Cc1ccc(S(=O)(=O)N[C@@H]2[C@@H]3OC[C@H](C[C@H]2OCc2ccccc2)O3)cc1. The monoisotopic (exact) mass is 389 g/mol. The molecule has 2 aliphatic heterocycles. The van der Waals surface area contributed by atoms with Gasteiger partial charge in [0.15, 0.2) is 6.29 Å². The second kappa shape index (κ2) is 7.69. The van der Waals surface area contributed by atoms with E-state index in [-0.39, 0.29) is 17.1 Å². The molecule has 2 aromatic rings. The van der Waals surface area contributed by atoms with Gasteiger partial charge >= 0.3 is 0 Å². The first-order valence-corrected chi connectivity index (χ1v) is 10.5. The van der Waals surface area contributed by atoms with Crippen molar-refractivity contribution in [2.45, 2.75) is 49.4 Å². The quantitative estimate of drug-likeness (QED) is 0.821. The number of fused-ring (bicyclic) bond motifs is 2. The fourth-order valence-corrected chi connectivity index (χ4v) is 4.66. The number of aryl methyl sites for hydroxylation is 1. The Morgan fingerprint density at radius 1 is 1.11 bits per heavy atom. The van der Waals surface area contributed by atoms with E-state index in [4.69, 9.17) is 14.2 Å². The first-order valence-electron chi connectivity index (χ1n) is 9.03. The third kappa shape index (κ3) is 4.23. The van der Waals surface area contributed by atoms with Gasteiger partial charge in [-0.15, -0.1) is 0 Å². The predicted octanol–water partition coefficient (Wildman–Crippen LogP) is 2.37. The highest BCUT2D eigenvalue weighted by Crippen LogP contribution is 2.31. The van der Waals surface area contributed by atoms with Gasteiger partial charge in [0.2, 0.25) is 10.0 Å². The van der Waals surface area contributed by atoms with E-state index in [1.165, 1.54) is 0 Å². The van der Waals surface area contributed by atoms with Crippen LogP contribution in [-0.2, 0) is 30.8 Å². The van der Waals surface area contributed by atoms with Crippen LogP contribution in [0.3, 0.4) is 0 Å². The third-order valence-corrected chi connectivity index (χ3v) is 6.37. The molecule has 0 spiro atoms. The summed E-state index contributed by atoms with van der Waals surface area (Å²) in [6.45, 7) is 2.78. The minimum absolute atomic E-state index is 0.0593. The number of hydrogen-bond donors (Lipinski definition) is 1. The molecule has 2 bridgehead atoms. The lowest BCUT2D eigenvalue weighted by Crippen LogP contribution is -2.55. The largest absolute Gasteiger partial charge is 0.372 e. The molecule has 2 heterocycles. The molecule has 7 heteroatoms. The van der Waals surface area contributed by atoms with Crippen LogP contribution in [0.1, 0.15) is 17.5 Å². The minimum Gasteiger partial charge on any atom is -0.372 e. The number of ether oxygens (including phenoxy) is 3. The molecule has 27 heavy (non-hydrogen) atoms. The molecule has 4 rings (SSSR count). The Labute approximate surface area is 159 Å². The summed E-state index contributed by atoms with van der Waals surface area (Å²) in [5.74, 6) is 0. The van der Waals surface area contributed by atoms with E-state index in [2.05, 4.69) is 4.72 Å². The fourth-order valence-electron chi connectivity index (χ4n) is 3.41. The third-order valence-electron chi connectivity index (χ3n) is 4.89. The maximum Gasteiger partial charge on any atom is 0.241 e. The molecule has 2 saturated heterocycles. The summed E-state index contributed by atoms with van der Waals surface area (Å²) in [6, 6.07) is 16.0. The zero-order chi connectivity index (χ0) is 18.9. The molecule has 2 aliphatic rings. The van der Waals surface area contributed by atoms with E-state index in [9.17, 15) is 8.42 Å². The summed E-state index contributed by atoms with van der Waals surface area (Å²) >= 11 is 0. The Morgan fingerprint density at radius 2 is 1.85 bits per heavy atom. The van der Waals surface area contributed by atoms with Crippen molar-refractivity contribution in [2.24, 2.45) is 0 Å². The average Bonchev–Trinajstić information content (AvgIpc) is 3.07. The molecule has 2 fully saturated rings. The Morgan fingerprint density at radius 3 is 2.59 bits per heavy atom. The normalized spacial score (nSPS) is 27.6. The Hall–Kier alpha value is -1.77. The molecule has 0 aliphatic carbocycles. The Kier molecular flexibility index (Phi) is 5.29. The molecule has 2 aromatic carbocycles. The highest BCUT2D eigenvalue weighted by atomic mass is 32.2. The van der Waals surface area contributed by atoms with E-state index in [1.807, 2.05) is 37.3 Å². The van der Waals surface area contributed by atoms with Gasteiger partial charge in [-0.1, -0.05) is 48.0 Å². The van der Waals surface area contributed by atoms with E-state index < -0.39 is 22.4 Å². The van der Waals surface area contributed by atoms with Crippen molar-refractivity contribution in [3.8, 4) is 0 Å². The second-order valence-electron chi connectivity index (χ2n) is 6.99. The average molecular weight is 389 g/mol. The van der Waals surface area contributed by atoms with Gasteiger partial charge in [-0.2, -0.15) is 0 Å². The molecule has 144 valence electrons. The first kappa shape index (κ1) is 18.6. The van der Waals surface area contributed by atoms with Crippen LogP contribution in [0.5, 0.6) is 0 Å². The maximum absolute atomic E-state index is 12.8. The topological polar surface area (TPSA) is 73.9 Å². The standard InChI is InChI=1S/C20H23NO5S/c1-14-7-9-17(10-8-14)27(22,23)21-19-18(11-16-13-25-20(19)26-16)24-12-15-5-3-2-4-6-15/h2-10,16,18-21H,11-13H2,1H3/t16-,18+,19-,20+/m0/s1. The fraction of sp³-hybridized carbons (Fsp3) is 0.400. The molecule has 0 aromatic heterocycles. The lowest BCUT2D eigenvalue weighted by Gasteiger charge is -2.35. The van der Waals surface area contributed by atoms with Crippen LogP contribution in [0, 0.1) is 6.92 Å². The number of hydrogen-bond acceptors (Lipinski definition) is 5. The summed E-state index contributed by atoms with van der Waals surface area (Å²) < 4.78 is 45.9. The number of nitrogens with one attached hydrogen (secondary N) is 1. The molecule has 4 atom stereocenters.